The summed E-state index contributed by atoms with van der Waals surface area (Å²) in [4.78, 5) is 12.1. The molecule has 0 radical (unpaired) electrons. The minimum atomic E-state index is -0.362. The van der Waals surface area contributed by atoms with Gasteiger partial charge in [0.05, 0.1) is 15.7 Å². The van der Waals surface area contributed by atoms with E-state index >= 15 is 0 Å². The lowest BCUT2D eigenvalue weighted by atomic mass is 10.2. The number of benzene rings is 2. The van der Waals surface area contributed by atoms with Crippen LogP contribution in [-0.4, -0.2) is 11.0 Å². The Morgan fingerprint density at radius 3 is 2.50 bits per heavy atom. The smallest absolute Gasteiger partial charge is 0.257 e. The van der Waals surface area contributed by atoms with Crippen molar-refractivity contribution in [3.8, 4) is 0 Å². The standard InChI is InChI=1S/C15H11BrCl2N2OS/c1-8-2-5-13(10(16)6-8)19-15(22)20-14(21)9-3-4-11(17)12(18)7-9/h2-7H,1H3,(H2,19,20,21,22). The van der Waals surface area contributed by atoms with Crippen LogP contribution in [0.4, 0.5) is 5.69 Å². The average Bonchev–Trinajstić information content (AvgIpc) is 2.45. The van der Waals surface area contributed by atoms with Crippen molar-refractivity contribution in [2.24, 2.45) is 0 Å². The molecule has 2 aromatic carbocycles. The van der Waals surface area contributed by atoms with Gasteiger partial charge >= 0.3 is 0 Å². The molecule has 0 bridgehead atoms. The Bertz CT molecular complexity index is 752. The number of halogens is 3. The van der Waals surface area contributed by atoms with Crippen molar-refractivity contribution in [1.29, 1.82) is 0 Å². The van der Waals surface area contributed by atoms with Gasteiger partial charge < -0.3 is 5.32 Å². The minimum absolute atomic E-state index is 0.195. The summed E-state index contributed by atoms with van der Waals surface area (Å²) in [6.07, 6.45) is 0. The van der Waals surface area contributed by atoms with E-state index in [2.05, 4.69) is 26.6 Å². The van der Waals surface area contributed by atoms with Crippen molar-refractivity contribution >= 4 is 68.1 Å². The van der Waals surface area contributed by atoms with E-state index in [-0.39, 0.29) is 11.0 Å². The Morgan fingerprint density at radius 1 is 1.14 bits per heavy atom. The van der Waals surface area contributed by atoms with Crippen molar-refractivity contribution in [2.45, 2.75) is 6.92 Å². The first kappa shape index (κ1) is 17.2. The topological polar surface area (TPSA) is 41.1 Å². The molecule has 0 aliphatic carbocycles. The van der Waals surface area contributed by atoms with Crippen LogP contribution in [0.3, 0.4) is 0 Å². The summed E-state index contributed by atoms with van der Waals surface area (Å²) in [6, 6.07) is 10.4. The Hall–Kier alpha value is -1.14. The van der Waals surface area contributed by atoms with E-state index in [1.807, 2.05) is 25.1 Å². The number of amides is 1. The van der Waals surface area contributed by atoms with Gasteiger partial charge in [0.15, 0.2) is 5.11 Å². The molecule has 2 N–H and O–H groups in total. The first-order valence-corrected chi connectivity index (χ1v) is 8.16. The highest BCUT2D eigenvalue weighted by atomic mass is 79.9. The summed E-state index contributed by atoms with van der Waals surface area (Å²) >= 11 is 20.3. The number of carbonyl (C=O) groups is 1. The average molecular weight is 418 g/mol. The maximum atomic E-state index is 12.1. The molecule has 0 unspecified atom stereocenters. The summed E-state index contributed by atoms with van der Waals surface area (Å²) in [6.45, 7) is 1.99. The van der Waals surface area contributed by atoms with E-state index in [0.29, 0.717) is 15.6 Å². The second-order valence-electron chi connectivity index (χ2n) is 4.52. The number of aryl methyl sites for hydroxylation is 1. The number of anilines is 1. The summed E-state index contributed by atoms with van der Waals surface area (Å²) in [5, 5.41) is 6.45. The molecule has 0 aromatic heterocycles. The van der Waals surface area contributed by atoms with Gasteiger partial charge in [0.1, 0.15) is 0 Å². The fraction of sp³-hybridized carbons (Fsp3) is 0.0667. The summed E-state index contributed by atoms with van der Waals surface area (Å²) in [7, 11) is 0. The molecule has 3 nitrogen and oxygen atoms in total. The summed E-state index contributed by atoms with van der Waals surface area (Å²) in [5.41, 5.74) is 2.26. The lowest BCUT2D eigenvalue weighted by molar-refractivity contribution is 0.0978. The zero-order valence-corrected chi connectivity index (χ0v) is 15.3. The molecule has 0 saturated heterocycles. The molecule has 0 spiro atoms. The number of nitrogens with one attached hydrogen (secondary N) is 2. The van der Waals surface area contributed by atoms with Gasteiger partial charge in [0.2, 0.25) is 0 Å². The van der Waals surface area contributed by atoms with Crippen LogP contribution in [0, 0.1) is 6.92 Å². The van der Waals surface area contributed by atoms with E-state index in [4.69, 9.17) is 35.4 Å². The fourth-order valence-electron chi connectivity index (χ4n) is 1.69. The quantitative estimate of drug-likeness (QED) is 0.660. The van der Waals surface area contributed by atoms with Gasteiger partial charge in [-0.25, -0.2) is 0 Å². The predicted octanol–water partition coefficient (Wildman–Crippen LogP) is 5.19. The number of rotatable bonds is 2. The fourth-order valence-corrected chi connectivity index (χ4v) is 2.78. The van der Waals surface area contributed by atoms with E-state index < -0.39 is 0 Å². The van der Waals surface area contributed by atoms with Crippen molar-refractivity contribution in [3.05, 3.63) is 62.0 Å². The molecule has 0 saturated carbocycles. The third kappa shape index (κ3) is 4.43. The highest BCUT2D eigenvalue weighted by molar-refractivity contribution is 9.10. The van der Waals surface area contributed by atoms with Crippen LogP contribution in [-0.2, 0) is 0 Å². The first-order chi connectivity index (χ1) is 10.4. The Labute approximate surface area is 152 Å². The lowest BCUT2D eigenvalue weighted by Crippen LogP contribution is -2.34. The van der Waals surface area contributed by atoms with Gasteiger partial charge in [-0.1, -0.05) is 29.3 Å². The van der Waals surface area contributed by atoms with Crippen LogP contribution in [0.2, 0.25) is 10.0 Å². The van der Waals surface area contributed by atoms with Crippen LogP contribution in [0.5, 0.6) is 0 Å². The molecule has 1 amide bonds. The predicted molar refractivity (Wildman–Crippen MR) is 99.0 cm³/mol. The van der Waals surface area contributed by atoms with Crippen molar-refractivity contribution in [2.75, 3.05) is 5.32 Å². The van der Waals surface area contributed by atoms with Gasteiger partial charge in [-0.3, -0.25) is 10.1 Å². The molecule has 0 fully saturated rings. The molecule has 7 heteroatoms. The van der Waals surface area contributed by atoms with Crippen LogP contribution < -0.4 is 10.6 Å². The monoisotopic (exact) mass is 416 g/mol. The Kier molecular flexibility index (Phi) is 5.81. The van der Waals surface area contributed by atoms with E-state index in [9.17, 15) is 4.79 Å². The third-order valence-corrected chi connectivity index (χ3v) is 4.38. The Morgan fingerprint density at radius 2 is 1.86 bits per heavy atom. The summed E-state index contributed by atoms with van der Waals surface area (Å²) < 4.78 is 0.860. The normalized spacial score (nSPS) is 10.2. The van der Waals surface area contributed by atoms with E-state index in [1.165, 1.54) is 6.07 Å². The van der Waals surface area contributed by atoms with Crippen molar-refractivity contribution in [3.63, 3.8) is 0 Å². The van der Waals surface area contributed by atoms with Gasteiger partial charge in [-0.15, -0.1) is 0 Å². The minimum Gasteiger partial charge on any atom is -0.331 e. The number of thiocarbonyl (C=S) groups is 1. The van der Waals surface area contributed by atoms with E-state index in [0.717, 1.165) is 15.7 Å². The van der Waals surface area contributed by atoms with E-state index in [1.54, 1.807) is 12.1 Å². The zero-order valence-electron chi connectivity index (χ0n) is 11.4. The molecule has 0 heterocycles. The highest BCUT2D eigenvalue weighted by Gasteiger charge is 2.10. The lowest BCUT2D eigenvalue weighted by Gasteiger charge is -2.11. The second-order valence-corrected chi connectivity index (χ2v) is 6.60. The van der Waals surface area contributed by atoms with Gasteiger partial charge in [-0.2, -0.15) is 0 Å². The van der Waals surface area contributed by atoms with Crippen LogP contribution in [0.1, 0.15) is 15.9 Å². The van der Waals surface area contributed by atoms with Crippen molar-refractivity contribution < 1.29 is 4.79 Å². The van der Waals surface area contributed by atoms with Crippen LogP contribution >= 0.6 is 51.3 Å². The molecule has 0 atom stereocenters. The SMILES string of the molecule is Cc1ccc(NC(=S)NC(=O)c2ccc(Cl)c(Cl)c2)c(Br)c1. The van der Waals surface area contributed by atoms with Gasteiger partial charge in [0.25, 0.3) is 5.91 Å². The molecule has 0 aliphatic rings. The molecular formula is C15H11BrCl2N2OS. The first-order valence-electron chi connectivity index (χ1n) is 6.20. The number of hydrogen-bond donors (Lipinski definition) is 2. The van der Waals surface area contributed by atoms with Crippen LogP contribution in [0.15, 0.2) is 40.9 Å². The van der Waals surface area contributed by atoms with Gasteiger partial charge in [-0.05, 0) is 71.0 Å². The number of hydrogen-bond acceptors (Lipinski definition) is 2. The largest absolute Gasteiger partial charge is 0.331 e. The number of carbonyl (C=O) groups excluding carboxylic acids is 1. The molecule has 2 rings (SSSR count). The molecule has 2 aromatic rings. The second kappa shape index (κ2) is 7.42. The maximum Gasteiger partial charge on any atom is 0.257 e. The summed E-state index contributed by atoms with van der Waals surface area (Å²) in [5.74, 6) is -0.362. The molecule has 114 valence electrons. The highest BCUT2D eigenvalue weighted by Crippen LogP contribution is 2.24. The maximum absolute atomic E-state index is 12.1. The molecule has 22 heavy (non-hydrogen) atoms. The van der Waals surface area contributed by atoms with Crippen molar-refractivity contribution in [1.82, 2.24) is 5.32 Å². The molecule has 0 aliphatic heterocycles. The third-order valence-electron chi connectivity index (χ3n) is 2.78. The zero-order chi connectivity index (χ0) is 16.3. The molecular weight excluding hydrogens is 407 g/mol. The van der Waals surface area contributed by atoms with Gasteiger partial charge in [0, 0.05) is 10.0 Å². The Balaban J connectivity index is 2.05. The van der Waals surface area contributed by atoms with Crippen LogP contribution in [0.25, 0.3) is 0 Å².